The Labute approximate surface area is 230 Å². The van der Waals surface area contributed by atoms with Gasteiger partial charge in [0.1, 0.15) is 5.58 Å². The summed E-state index contributed by atoms with van der Waals surface area (Å²) in [6.45, 7) is 2.53. The second-order valence-corrected chi connectivity index (χ2v) is 9.63. The minimum absolute atomic E-state index is 0.0960. The molecule has 0 bridgehead atoms. The summed E-state index contributed by atoms with van der Waals surface area (Å²) in [5.74, 6) is 0.689. The molecule has 40 heavy (non-hydrogen) atoms. The second-order valence-electron chi connectivity index (χ2n) is 8.62. The van der Waals surface area contributed by atoms with Crippen LogP contribution in [-0.2, 0) is 6.54 Å². The average Bonchev–Trinajstić information content (AvgIpc) is 3.73. The van der Waals surface area contributed by atoms with E-state index in [-0.39, 0.29) is 11.4 Å². The number of rotatable bonds is 8. The number of furan rings is 2. The van der Waals surface area contributed by atoms with E-state index in [2.05, 4.69) is 20.7 Å². The lowest BCUT2D eigenvalue weighted by molar-refractivity contribution is -0.384. The molecule has 3 aromatic heterocycles. The Kier molecular flexibility index (Phi) is 6.58. The standard InChI is InChI=1S/C28H20N6O5S/c1-2-33-26(23-8-5-13-38-23)30-32-28(33)40-25-12-10-19(34(36)37)14-18(25)16-29-31-27(35)24-15-21-20-7-4-3-6-17(20)9-11-22(21)39-24/h3-16H,2H2,1H3,(H,31,35)/b29-16+. The van der Waals surface area contributed by atoms with Gasteiger partial charge in [-0.2, -0.15) is 5.10 Å². The second kappa shape index (κ2) is 10.5. The Morgan fingerprint density at radius 3 is 2.77 bits per heavy atom. The lowest BCUT2D eigenvalue weighted by Crippen LogP contribution is -2.16. The summed E-state index contributed by atoms with van der Waals surface area (Å²) in [4.78, 5) is 24.4. The maximum atomic E-state index is 12.8. The van der Waals surface area contributed by atoms with Crippen molar-refractivity contribution in [2.45, 2.75) is 23.5 Å². The Morgan fingerprint density at radius 1 is 1.10 bits per heavy atom. The highest BCUT2D eigenvalue weighted by molar-refractivity contribution is 7.99. The van der Waals surface area contributed by atoms with Crippen molar-refractivity contribution in [3.63, 3.8) is 0 Å². The number of nitrogens with one attached hydrogen (secondary N) is 1. The minimum Gasteiger partial charge on any atom is -0.461 e. The monoisotopic (exact) mass is 552 g/mol. The van der Waals surface area contributed by atoms with E-state index < -0.39 is 10.8 Å². The summed E-state index contributed by atoms with van der Waals surface area (Å²) >= 11 is 1.27. The quantitative estimate of drug-likeness (QED) is 0.132. The highest BCUT2D eigenvalue weighted by atomic mass is 32.2. The number of nitro benzene ring substituents is 1. The molecule has 6 aromatic rings. The molecule has 0 aliphatic rings. The minimum atomic E-state index is -0.551. The van der Waals surface area contributed by atoms with Gasteiger partial charge in [0.25, 0.3) is 5.69 Å². The molecule has 1 N–H and O–H groups in total. The van der Waals surface area contributed by atoms with E-state index in [9.17, 15) is 14.9 Å². The lowest BCUT2D eigenvalue weighted by Gasteiger charge is -2.08. The number of hydrazone groups is 1. The first-order valence-electron chi connectivity index (χ1n) is 12.2. The van der Waals surface area contributed by atoms with Crippen molar-refractivity contribution in [2.75, 3.05) is 0 Å². The normalized spacial score (nSPS) is 11.5. The van der Waals surface area contributed by atoms with Crippen molar-refractivity contribution >= 4 is 51.3 Å². The summed E-state index contributed by atoms with van der Waals surface area (Å²) in [6.07, 6.45) is 2.91. The first-order chi connectivity index (χ1) is 19.5. The molecule has 0 fully saturated rings. The summed E-state index contributed by atoms with van der Waals surface area (Å²) in [7, 11) is 0. The average molecular weight is 553 g/mol. The molecule has 0 saturated heterocycles. The molecule has 0 aliphatic carbocycles. The van der Waals surface area contributed by atoms with Crippen LogP contribution >= 0.6 is 11.8 Å². The van der Waals surface area contributed by atoms with E-state index in [1.54, 1.807) is 30.5 Å². The highest BCUT2D eigenvalue weighted by Crippen LogP contribution is 2.33. The van der Waals surface area contributed by atoms with Crippen LogP contribution in [0.3, 0.4) is 0 Å². The van der Waals surface area contributed by atoms with Crippen molar-refractivity contribution < 1.29 is 18.6 Å². The van der Waals surface area contributed by atoms with E-state index >= 15 is 0 Å². The number of carbonyl (C=O) groups is 1. The predicted octanol–water partition coefficient (Wildman–Crippen LogP) is 6.28. The van der Waals surface area contributed by atoms with Crippen molar-refractivity contribution in [1.82, 2.24) is 20.2 Å². The number of carbonyl (C=O) groups excluding carboxylic acids is 1. The largest absolute Gasteiger partial charge is 0.461 e. The number of non-ortho nitro benzene ring substituents is 1. The van der Waals surface area contributed by atoms with Crippen LogP contribution in [0.1, 0.15) is 23.0 Å². The molecule has 6 rings (SSSR count). The van der Waals surface area contributed by atoms with Gasteiger partial charge in [0, 0.05) is 34.5 Å². The number of nitrogens with zero attached hydrogens (tertiary/aromatic N) is 5. The fraction of sp³-hybridized carbons (Fsp3) is 0.0714. The van der Waals surface area contributed by atoms with Gasteiger partial charge >= 0.3 is 5.91 Å². The predicted molar refractivity (Wildman–Crippen MR) is 149 cm³/mol. The fourth-order valence-corrected chi connectivity index (χ4v) is 5.27. The van der Waals surface area contributed by atoms with Crippen LogP contribution in [0.25, 0.3) is 33.3 Å². The van der Waals surface area contributed by atoms with Gasteiger partial charge in [0.15, 0.2) is 22.5 Å². The maximum absolute atomic E-state index is 12.8. The zero-order valence-corrected chi connectivity index (χ0v) is 21.8. The third-order valence-electron chi connectivity index (χ3n) is 6.20. The summed E-state index contributed by atoms with van der Waals surface area (Å²) in [6, 6.07) is 21.2. The van der Waals surface area contributed by atoms with Crippen LogP contribution in [0.15, 0.2) is 103 Å². The zero-order valence-electron chi connectivity index (χ0n) is 21.0. The first-order valence-corrected chi connectivity index (χ1v) is 13.0. The molecule has 1 amide bonds. The molecule has 0 unspecified atom stereocenters. The maximum Gasteiger partial charge on any atom is 0.307 e. The van der Waals surface area contributed by atoms with E-state index in [0.717, 1.165) is 16.2 Å². The van der Waals surface area contributed by atoms with Gasteiger partial charge < -0.3 is 8.83 Å². The molecular formula is C28H20N6O5S. The summed E-state index contributed by atoms with van der Waals surface area (Å²) < 4.78 is 13.1. The molecule has 0 radical (unpaired) electrons. The molecule has 0 atom stereocenters. The third-order valence-corrected chi connectivity index (χ3v) is 7.28. The van der Waals surface area contributed by atoms with Gasteiger partial charge in [-0.15, -0.1) is 10.2 Å². The number of amides is 1. The SMILES string of the molecule is CCn1c(Sc2ccc([N+](=O)[O-])cc2/C=N/NC(=O)c2cc3c(ccc4ccccc43)o2)nnc1-c1ccco1. The molecule has 11 nitrogen and oxygen atoms in total. The van der Waals surface area contributed by atoms with E-state index in [0.29, 0.717) is 39.3 Å². The first kappa shape index (κ1) is 25.1. The highest BCUT2D eigenvalue weighted by Gasteiger charge is 2.19. The van der Waals surface area contributed by atoms with Crippen LogP contribution in [0.2, 0.25) is 0 Å². The number of aromatic nitrogens is 3. The molecule has 12 heteroatoms. The third kappa shape index (κ3) is 4.71. The Hall–Kier alpha value is -5.23. The van der Waals surface area contributed by atoms with Crippen molar-refractivity contribution in [3.8, 4) is 11.6 Å². The van der Waals surface area contributed by atoms with Crippen LogP contribution in [0, 0.1) is 10.1 Å². The van der Waals surface area contributed by atoms with E-state index in [1.165, 1.54) is 30.1 Å². The van der Waals surface area contributed by atoms with Crippen LogP contribution in [-0.4, -0.2) is 31.8 Å². The molecule has 3 heterocycles. The zero-order chi connectivity index (χ0) is 27.6. The van der Waals surface area contributed by atoms with Gasteiger partial charge in [0.2, 0.25) is 0 Å². The van der Waals surface area contributed by atoms with Crippen LogP contribution in [0.4, 0.5) is 5.69 Å². The fourth-order valence-electron chi connectivity index (χ4n) is 4.30. The summed E-state index contributed by atoms with van der Waals surface area (Å²) in [5.41, 5.74) is 3.34. The van der Waals surface area contributed by atoms with Gasteiger partial charge in [0.05, 0.1) is 17.4 Å². The van der Waals surface area contributed by atoms with Gasteiger partial charge in [-0.05, 0) is 59.8 Å². The lowest BCUT2D eigenvalue weighted by atomic mass is 10.1. The van der Waals surface area contributed by atoms with Crippen LogP contribution in [0.5, 0.6) is 0 Å². The molecule has 3 aromatic carbocycles. The van der Waals surface area contributed by atoms with Crippen molar-refractivity contribution in [2.24, 2.45) is 5.10 Å². The summed E-state index contributed by atoms with van der Waals surface area (Å²) in [5, 5.41) is 27.4. The van der Waals surface area contributed by atoms with E-state index in [4.69, 9.17) is 8.83 Å². The number of benzene rings is 3. The van der Waals surface area contributed by atoms with Gasteiger partial charge in [-0.1, -0.05) is 30.3 Å². The molecule has 0 spiro atoms. The molecular weight excluding hydrogens is 532 g/mol. The number of hydrogen-bond acceptors (Lipinski definition) is 9. The van der Waals surface area contributed by atoms with E-state index in [1.807, 2.05) is 47.9 Å². The number of nitro groups is 1. The smallest absolute Gasteiger partial charge is 0.307 e. The Morgan fingerprint density at radius 2 is 1.98 bits per heavy atom. The molecule has 0 saturated carbocycles. The Balaban J connectivity index is 1.26. The van der Waals surface area contributed by atoms with Gasteiger partial charge in [-0.25, -0.2) is 5.43 Å². The topological polar surface area (TPSA) is 142 Å². The Bertz CT molecular complexity index is 1910. The van der Waals surface area contributed by atoms with Crippen molar-refractivity contribution in [1.29, 1.82) is 0 Å². The molecule has 0 aliphatic heterocycles. The molecule has 198 valence electrons. The number of hydrogen-bond donors (Lipinski definition) is 1. The van der Waals surface area contributed by atoms with Crippen molar-refractivity contribution in [3.05, 3.63) is 100 Å². The van der Waals surface area contributed by atoms with Crippen LogP contribution < -0.4 is 5.43 Å². The number of fused-ring (bicyclic) bond motifs is 3. The van der Waals surface area contributed by atoms with Gasteiger partial charge in [-0.3, -0.25) is 19.5 Å².